The van der Waals surface area contributed by atoms with Crippen molar-refractivity contribution in [3.8, 4) is 0 Å². The molecule has 1 aliphatic heterocycles. The molecule has 2 rings (SSSR count). The summed E-state index contributed by atoms with van der Waals surface area (Å²) in [5.74, 6) is -0.564. The van der Waals surface area contributed by atoms with Gasteiger partial charge in [0.05, 0.1) is 5.56 Å². The first-order valence-electron chi connectivity index (χ1n) is 6.86. The third kappa shape index (κ3) is 3.04. The van der Waals surface area contributed by atoms with Crippen molar-refractivity contribution >= 4 is 21.8 Å². The van der Waals surface area contributed by atoms with Crippen molar-refractivity contribution < 1.29 is 14.3 Å². The summed E-state index contributed by atoms with van der Waals surface area (Å²) in [6.45, 7) is 3.44. The lowest BCUT2D eigenvalue weighted by atomic mass is 9.77. The second kappa shape index (κ2) is 6.22. The van der Waals surface area contributed by atoms with Crippen molar-refractivity contribution in [2.75, 3.05) is 19.7 Å². The third-order valence-electron chi connectivity index (χ3n) is 4.36. The lowest BCUT2D eigenvalue weighted by Gasteiger charge is -2.40. The number of likely N-dealkylation sites (tertiary alicyclic amines) is 1. The summed E-state index contributed by atoms with van der Waals surface area (Å²) in [6.07, 6.45) is 2.49. The van der Waals surface area contributed by atoms with E-state index in [-0.39, 0.29) is 17.9 Å². The first-order valence-corrected chi connectivity index (χ1v) is 7.66. The highest BCUT2D eigenvalue weighted by molar-refractivity contribution is 9.10. The molecule has 20 heavy (non-hydrogen) atoms. The summed E-state index contributed by atoms with van der Waals surface area (Å²) in [6, 6.07) is 4.14. The van der Waals surface area contributed by atoms with Gasteiger partial charge in [0, 0.05) is 24.2 Å². The highest BCUT2D eigenvalue weighted by Gasteiger charge is 2.34. The van der Waals surface area contributed by atoms with E-state index in [0.29, 0.717) is 23.1 Å². The Morgan fingerprint density at radius 3 is 2.65 bits per heavy atom. The second-order valence-electron chi connectivity index (χ2n) is 5.43. The number of piperidine rings is 1. The summed E-state index contributed by atoms with van der Waals surface area (Å²) < 4.78 is 13.9. The lowest BCUT2D eigenvalue weighted by Crippen LogP contribution is -2.44. The number of amides is 1. The van der Waals surface area contributed by atoms with E-state index in [0.717, 1.165) is 19.3 Å². The normalized spacial score (nSPS) is 18.1. The summed E-state index contributed by atoms with van der Waals surface area (Å²) in [4.78, 5) is 14.2. The maximum Gasteiger partial charge on any atom is 0.255 e. The molecular formula is C15H19BrFNO2. The van der Waals surface area contributed by atoms with Crippen molar-refractivity contribution in [1.29, 1.82) is 0 Å². The van der Waals surface area contributed by atoms with Crippen molar-refractivity contribution in [3.63, 3.8) is 0 Å². The molecule has 0 radical (unpaired) electrons. The van der Waals surface area contributed by atoms with Gasteiger partial charge in [0.2, 0.25) is 0 Å². The SMILES string of the molecule is CCC1(CO)CCN(C(=O)c2cc(F)ccc2Br)CC1. The molecule has 0 spiro atoms. The molecule has 1 amide bonds. The topological polar surface area (TPSA) is 40.5 Å². The molecular weight excluding hydrogens is 325 g/mol. The summed E-state index contributed by atoms with van der Waals surface area (Å²) in [5.41, 5.74) is 0.300. The van der Waals surface area contributed by atoms with E-state index in [2.05, 4.69) is 22.9 Å². The summed E-state index contributed by atoms with van der Waals surface area (Å²) in [5, 5.41) is 9.50. The second-order valence-corrected chi connectivity index (χ2v) is 6.28. The number of halogens is 2. The molecule has 5 heteroatoms. The Labute approximate surface area is 126 Å². The van der Waals surface area contributed by atoms with Gasteiger partial charge in [0.1, 0.15) is 5.82 Å². The van der Waals surface area contributed by atoms with Crippen LogP contribution < -0.4 is 0 Å². The molecule has 1 aromatic rings. The number of carbonyl (C=O) groups is 1. The Kier molecular flexibility index (Phi) is 4.81. The molecule has 3 nitrogen and oxygen atoms in total. The van der Waals surface area contributed by atoms with E-state index in [1.165, 1.54) is 12.1 Å². The van der Waals surface area contributed by atoms with E-state index >= 15 is 0 Å². The van der Waals surface area contributed by atoms with Gasteiger partial charge in [-0.05, 0) is 58.8 Å². The molecule has 0 aromatic heterocycles. The fourth-order valence-corrected chi connectivity index (χ4v) is 3.06. The molecule has 1 heterocycles. The molecule has 1 N–H and O–H groups in total. The highest BCUT2D eigenvalue weighted by atomic mass is 79.9. The monoisotopic (exact) mass is 343 g/mol. The Balaban J connectivity index is 2.10. The van der Waals surface area contributed by atoms with Gasteiger partial charge in [-0.15, -0.1) is 0 Å². The van der Waals surface area contributed by atoms with E-state index in [9.17, 15) is 14.3 Å². The average molecular weight is 344 g/mol. The Morgan fingerprint density at radius 1 is 1.45 bits per heavy atom. The molecule has 0 atom stereocenters. The van der Waals surface area contributed by atoms with Gasteiger partial charge in [-0.1, -0.05) is 6.92 Å². The molecule has 110 valence electrons. The molecule has 1 saturated heterocycles. The fraction of sp³-hybridized carbons (Fsp3) is 0.533. The van der Waals surface area contributed by atoms with E-state index in [4.69, 9.17) is 0 Å². The highest BCUT2D eigenvalue weighted by Crippen LogP contribution is 2.35. The van der Waals surface area contributed by atoms with Crippen LogP contribution >= 0.6 is 15.9 Å². The third-order valence-corrected chi connectivity index (χ3v) is 5.05. The van der Waals surface area contributed by atoms with Crippen molar-refractivity contribution in [1.82, 2.24) is 4.90 Å². The zero-order chi connectivity index (χ0) is 14.8. The van der Waals surface area contributed by atoms with Crippen LogP contribution in [-0.2, 0) is 0 Å². The quantitative estimate of drug-likeness (QED) is 0.915. The minimum Gasteiger partial charge on any atom is -0.396 e. The van der Waals surface area contributed by atoms with E-state index < -0.39 is 5.82 Å². The predicted molar refractivity (Wildman–Crippen MR) is 79.0 cm³/mol. The number of aliphatic hydroxyl groups excluding tert-OH is 1. The zero-order valence-electron chi connectivity index (χ0n) is 11.5. The van der Waals surface area contributed by atoms with Crippen LogP contribution in [0.3, 0.4) is 0 Å². The molecule has 0 aliphatic carbocycles. The van der Waals surface area contributed by atoms with Gasteiger partial charge in [0.15, 0.2) is 0 Å². The van der Waals surface area contributed by atoms with Crippen LogP contribution in [-0.4, -0.2) is 35.6 Å². The van der Waals surface area contributed by atoms with Crippen LogP contribution in [0, 0.1) is 11.2 Å². The summed E-state index contributed by atoms with van der Waals surface area (Å²) >= 11 is 3.29. The van der Waals surface area contributed by atoms with Crippen molar-refractivity contribution in [2.45, 2.75) is 26.2 Å². The van der Waals surface area contributed by atoms with Gasteiger partial charge in [-0.2, -0.15) is 0 Å². The first-order chi connectivity index (χ1) is 9.51. The fourth-order valence-electron chi connectivity index (χ4n) is 2.64. The number of hydrogen-bond acceptors (Lipinski definition) is 2. The number of carbonyl (C=O) groups excluding carboxylic acids is 1. The maximum atomic E-state index is 13.3. The Bertz CT molecular complexity index is 493. The standard InChI is InChI=1S/C15H19BrFNO2/c1-2-15(10-19)5-7-18(8-6-15)14(20)12-9-11(17)3-4-13(12)16/h3-4,9,19H,2,5-8,10H2,1H3. The minimum absolute atomic E-state index is 0.0596. The molecule has 0 bridgehead atoms. The van der Waals surface area contributed by atoms with E-state index in [1.54, 1.807) is 11.0 Å². The first kappa shape index (κ1) is 15.4. The predicted octanol–water partition coefficient (Wildman–Crippen LogP) is 3.21. The smallest absolute Gasteiger partial charge is 0.255 e. The largest absolute Gasteiger partial charge is 0.396 e. The van der Waals surface area contributed by atoms with Crippen LogP contribution in [0.15, 0.2) is 22.7 Å². The maximum absolute atomic E-state index is 13.3. The molecule has 1 aliphatic rings. The molecule has 1 fully saturated rings. The van der Waals surface area contributed by atoms with Crippen LogP contribution in [0.2, 0.25) is 0 Å². The lowest BCUT2D eigenvalue weighted by molar-refractivity contribution is 0.0337. The van der Waals surface area contributed by atoms with E-state index in [1.807, 2.05) is 0 Å². The Hall–Kier alpha value is -0.940. The van der Waals surface area contributed by atoms with Gasteiger partial charge in [-0.25, -0.2) is 4.39 Å². The molecule has 0 unspecified atom stereocenters. The van der Waals surface area contributed by atoms with Crippen LogP contribution in [0.4, 0.5) is 4.39 Å². The summed E-state index contributed by atoms with van der Waals surface area (Å²) in [7, 11) is 0. The van der Waals surface area contributed by atoms with Gasteiger partial charge in [0.25, 0.3) is 5.91 Å². The number of hydrogen-bond donors (Lipinski definition) is 1. The van der Waals surface area contributed by atoms with Crippen LogP contribution in [0.25, 0.3) is 0 Å². The van der Waals surface area contributed by atoms with Crippen LogP contribution in [0.1, 0.15) is 36.5 Å². The number of benzene rings is 1. The molecule has 0 saturated carbocycles. The molecule has 1 aromatic carbocycles. The number of nitrogens with zero attached hydrogens (tertiary/aromatic N) is 1. The van der Waals surface area contributed by atoms with Gasteiger partial charge < -0.3 is 10.0 Å². The Morgan fingerprint density at radius 2 is 2.10 bits per heavy atom. The van der Waals surface area contributed by atoms with Crippen molar-refractivity contribution in [3.05, 3.63) is 34.1 Å². The average Bonchev–Trinajstić information content (AvgIpc) is 2.49. The van der Waals surface area contributed by atoms with Crippen LogP contribution in [0.5, 0.6) is 0 Å². The minimum atomic E-state index is -0.410. The van der Waals surface area contributed by atoms with Crippen molar-refractivity contribution in [2.24, 2.45) is 5.41 Å². The van der Waals surface area contributed by atoms with Gasteiger partial charge in [-0.3, -0.25) is 4.79 Å². The number of aliphatic hydroxyl groups is 1. The zero-order valence-corrected chi connectivity index (χ0v) is 13.1. The van der Waals surface area contributed by atoms with Gasteiger partial charge >= 0.3 is 0 Å². The number of rotatable bonds is 3.